The number of phenolic OH excluding ortho intramolecular Hbond substituents is 1. The second kappa shape index (κ2) is 11.2. The van der Waals surface area contributed by atoms with Crippen LogP contribution in [0.2, 0.25) is 0 Å². The zero-order chi connectivity index (χ0) is 27.4. The van der Waals surface area contributed by atoms with Gasteiger partial charge in [0.05, 0.1) is 5.56 Å². The third-order valence-electron chi connectivity index (χ3n) is 5.21. The van der Waals surface area contributed by atoms with Gasteiger partial charge in [0.25, 0.3) is 0 Å². The number of hydrogen-bond donors (Lipinski definition) is 1. The molecule has 1 fully saturated rings. The molecule has 37 heavy (non-hydrogen) atoms. The Hall–Kier alpha value is -4.26. The number of allylic oxidation sites excluding steroid dienone is 2. The number of carbonyl (C=O) groups is 6. The van der Waals surface area contributed by atoms with E-state index in [1.54, 1.807) is 0 Å². The molecule has 3 rings (SSSR count). The maximum atomic E-state index is 13.1. The molecule has 0 saturated carbocycles. The minimum absolute atomic E-state index is 0.0566. The Morgan fingerprint density at radius 1 is 0.865 bits per heavy atom. The molecule has 13 heteroatoms. The number of benzene rings is 1. The molecule has 1 saturated heterocycles. The Morgan fingerprint density at radius 2 is 1.46 bits per heavy atom. The number of aromatic hydroxyl groups is 1. The van der Waals surface area contributed by atoms with Crippen LogP contribution >= 0.6 is 0 Å². The molecule has 2 aliphatic rings. The first-order chi connectivity index (χ1) is 17.4. The zero-order valence-corrected chi connectivity index (χ0v) is 20.2. The fourth-order valence-corrected chi connectivity index (χ4v) is 3.87. The highest BCUT2D eigenvalue weighted by molar-refractivity contribution is 6.24. The highest BCUT2D eigenvalue weighted by Crippen LogP contribution is 2.34. The minimum Gasteiger partial charge on any atom is -0.507 e. The molecule has 5 atom stereocenters. The maximum Gasteiger partial charge on any atom is 0.303 e. The van der Waals surface area contributed by atoms with Crippen molar-refractivity contribution >= 4 is 35.4 Å². The van der Waals surface area contributed by atoms with Gasteiger partial charge in [0, 0.05) is 39.3 Å². The molecule has 198 valence electrons. The summed E-state index contributed by atoms with van der Waals surface area (Å²) >= 11 is 0. The third kappa shape index (κ3) is 6.30. The van der Waals surface area contributed by atoms with Crippen molar-refractivity contribution in [3.8, 4) is 5.75 Å². The number of ketones is 2. The van der Waals surface area contributed by atoms with Crippen molar-refractivity contribution in [1.82, 2.24) is 0 Å². The van der Waals surface area contributed by atoms with E-state index in [4.69, 9.17) is 28.4 Å². The Balaban J connectivity index is 2.03. The second-order valence-electron chi connectivity index (χ2n) is 8.09. The van der Waals surface area contributed by atoms with Crippen molar-refractivity contribution in [3.05, 3.63) is 41.2 Å². The molecule has 0 unspecified atom stereocenters. The van der Waals surface area contributed by atoms with E-state index in [2.05, 4.69) is 0 Å². The number of carbonyl (C=O) groups excluding carboxylic acids is 6. The molecule has 1 heterocycles. The first-order valence-electron chi connectivity index (χ1n) is 11.0. The molecule has 0 aromatic heterocycles. The van der Waals surface area contributed by atoms with Crippen LogP contribution in [0.15, 0.2) is 30.0 Å². The van der Waals surface area contributed by atoms with E-state index in [9.17, 15) is 33.9 Å². The molecule has 0 bridgehead atoms. The summed E-state index contributed by atoms with van der Waals surface area (Å²) in [6, 6.07) is 3.94. The Labute approximate surface area is 210 Å². The summed E-state index contributed by atoms with van der Waals surface area (Å²) in [4.78, 5) is 72.7. The monoisotopic (exact) mass is 520 g/mol. The smallest absolute Gasteiger partial charge is 0.303 e. The van der Waals surface area contributed by atoms with Crippen LogP contribution < -0.4 is 0 Å². The number of fused-ring (bicyclic) bond motifs is 1. The van der Waals surface area contributed by atoms with Crippen LogP contribution in [0, 0.1) is 0 Å². The predicted molar refractivity (Wildman–Crippen MR) is 118 cm³/mol. The van der Waals surface area contributed by atoms with E-state index >= 15 is 0 Å². The number of hydrogen-bond acceptors (Lipinski definition) is 13. The van der Waals surface area contributed by atoms with Gasteiger partial charge < -0.3 is 33.5 Å². The number of phenols is 1. The van der Waals surface area contributed by atoms with Gasteiger partial charge >= 0.3 is 23.9 Å². The zero-order valence-electron chi connectivity index (χ0n) is 20.2. The molecule has 1 aliphatic heterocycles. The highest BCUT2D eigenvalue weighted by Gasteiger charge is 2.54. The predicted octanol–water partition coefficient (Wildman–Crippen LogP) is 0.755. The summed E-state index contributed by atoms with van der Waals surface area (Å²) in [6.07, 6.45) is -6.72. The lowest BCUT2D eigenvalue weighted by atomic mass is 9.92. The highest BCUT2D eigenvalue weighted by atomic mass is 16.7. The van der Waals surface area contributed by atoms with Crippen molar-refractivity contribution in [2.45, 2.75) is 58.4 Å². The topological polar surface area (TPSA) is 178 Å². The van der Waals surface area contributed by atoms with E-state index in [1.165, 1.54) is 18.2 Å². The van der Waals surface area contributed by atoms with E-state index < -0.39 is 84.3 Å². The van der Waals surface area contributed by atoms with E-state index in [0.29, 0.717) is 0 Å². The van der Waals surface area contributed by atoms with Gasteiger partial charge in [-0.25, -0.2) is 0 Å². The van der Waals surface area contributed by atoms with Gasteiger partial charge in [-0.2, -0.15) is 0 Å². The third-order valence-corrected chi connectivity index (χ3v) is 5.21. The lowest BCUT2D eigenvalue weighted by molar-refractivity contribution is -0.298. The van der Waals surface area contributed by atoms with Crippen molar-refractivity contribution in [2.75, 3.05) is 6.61 Å². The molecule has 1 aliphatic carbocycles. The summed E-state index contributed by atoms with van der Waals surface area (Å²) in [7, 11) is 0. The Morgan fingerprint density at radius 3 is 2.05 bits per heavy atom. The molecule has 13 nitrogen and oxygen atoms in total. The standard InChI is InChI=1S/C24H24O13/c1-10(25)32-9-18-21(33-11(2)26)22(34-12(3)27)23(35-13(4)28)24(37-18)36-17-8-16(30)14-6-5-7-15(29)19(14)20(17)31/h5-8,18,21-24,29H,9H2,1-4H3/t18-,21-,22+,23-,24-/m0/s1. The minimum atomic E-state index is -1.71. The van der Waals surface area contributed by atoms with Crippen LogP contribution in [0.4, 0.5) is 0 Å². The van der Waals surface area contributed by atoms with Crippen LogP contribution in [-0.2, 0) is 47.6 Å². The fraction of sp³-hybridized carbons (Fsp3) is 0.417. The molecule has 1 N–H and O–H groups in total. The van der Waals surface area contributed by atoms with Gasteiger partial charge in [-0.05, 0) is 6.07 Å². The fourth-order valence-electron chi connectivity index (χ4n) is 3.87. The largest absolute Gasteiger partial charge is 0.507 e. The van der Waals surface area contributed by atoms with Gasteiger partial charge in [-0.1, -0.05) is 12.1 Å². The van der Waals surface area contributed by atoms with Gasteiger partial charge in [0.15, 0.2) is 23.8 Å². The Kier molecular flexibility index (Phi) is 8.28. The van der Waals surface area contributed by atoms with Gasteiger partial charge in [0.1, 0.15) is 18.5 Å². The maximum absolute atomic E-state index is 13.1. The average Bonchev–Trinajstić information content (AvgIpc) is 2.78. The van der Waals surface area contributed by atoms with Crippen molar-refractivity contribution in [1.29, 1.82) is 0 Å². The molecular formula is C24H24O13. The molecule has 1 aromatic carbocycles. The van der Waals surface area contributed by atoms with E-state index in [0.717, 1.165) is 33.8 Å². The quantitative estimate of drug-likeness (QED) is 0.394. The number of esters is 4. The summed E-state index contributed by atoms with van der Waals surface area (Å²) in [5.74, 6) is -5.83. The van der Waals surface area contributed by atoms with E-state index in [1.807, 2.05) is 0 Å². The first-order valence-corrected chi connectivity index (χ1v) is 11.0. The number of Topliss-reactive ketones (excluding diaryl/α,β-unsaturated/α-hetero) is 1. The summed E-state index contributed by atoms with van der Waals surface area (Å²) in [5, 5.41) is 10.2. The van der Waals surface area contributed by atoms with Gasteiger partial charge in [-0.15, -0.1) is 0 Å². The first kappa shape index (κ1) is 27.3. The lowest BCUT2D eigenvalue weighted by Gasteiger charge is -2.44. The van der Waals surface area contributed by atoms with Crippen molar-refractivity contribution in [2.24, 2.45) is 0 Å². The second-order valence-corrected chi connectivity index (χ2v) is 8.09. The molecule has 0 amide bonds. The Bertz CT molecular complexity index is 1170. The SMILES string of the molecule is CC(=O)OC[C@@H]1O[C@H](OC2=CC(=O)c3cccc(O)c3C2=O)[C@@H](OC(C)=O)[C@H](OC(C)=O)[C@H]1OC(C)=O. The summed E-state index contributed by atoms with van der Waals surface area (Å²) in [5.41, 5.74) is -0.366. The van der Waals surface area contributed by atoms with Gasteiger partial charge in [0.2, 0.25) is 18.2 Å². The lowest BCUT2D eigenvalue weighted by Crippen LogP contribution is -2.63. The van der Waals surface area contributed by atoms with Gasteiger partial charge in [-0.3, -0.25) is 28.8 Å². The molecule has 1 aromatic rings. The van der Waals surface area contributed by atoms with Crippen molar-refractivity contribution < 1.29 is 62.3 Å². The van der Waals surface area contributed by atoms with Crippen LogP contribution in [-0.4, -0.2) is 77.9 Å². The number of rotatable bonds is 7. The van der Waals surface area contributed by atoms with E-state index in [-0.39, 0.29) is 11.1 Å². The van der Waals surface area contributed by atoms with Crippen LogP contribution in [0.1, 0.15) is 48.4 Å². The number of ether oxygens (including phenoxy) is 6. The summed E-state index contributed by atoms with van der Waals surface area (Å²) in [6.45, 7) is 3.76. The van der Waals surface area contributed by atoms with Crippen molar-refractivity contribution in [3.63, 3.8) is 0 Å². The van der Waals surface area contributed by atoms with Crippen LogP contribution in [0.5, 0.6) is 5.75 Å². The normalized spacial score (nSPS) is 24.8. The van der Waals surface area contributed by atoms with Crippen LogP contribution in [0.25, 0.3) is 0 Å². The molecule has 0 radical (unpaired) electrons. The summed E-state index contributed by atoms with van der Waals surface area (Å²) < 4.78 is 32.2. The molecule has 0 spiro atoms. The average molecular weight is 520 g/mol. The van der Waals surface area contributed by atoms with Crippen LogP contribution in [0.3, 0.4) is 0 Å². The molecular weight excluding hydrogens is 496 g/mol.